The number of hydrogen-bond donors (Lipinski definition) is 0. The van der Waals surface area contributed by atoms with Crippen molar-refractivity contribution in [1.29, 1.82) is 0 Å². The molecule has 2 aliphatic heterocycles. The molecule has 0 unspecified atom stereocenters. The average molecular weight is 650 g/mol. The Morgan fingerprint density at radius 2 is 2.00 bits per heavy atom. The number of benzene rings is 2. The Kier molecular flexibility index (Phi) is 9.03. The molecule has 3 heterocycles. The summed E-state index contributed by atoms with van der Waals surface area (Å²) >= 11 is 6.50. The molecule has 0 radical (unpaired) electrons. The molecule has 6 rings (SSSR count). The van der Waals surface area contributed by atoms with Gasteiger partial charge >= 0.3 is 6.01 Å². The third-order valence-electron chi connectivity index (χ3n) is 9.43. The molecule has 2 aromatic carbocycles. The highest BCUT2D eigenvalue weighted by Gasteiger charge is 2.40. The SMILES string of the molecule is [C-]#[N+]C[C@H]1CN(c2nc(OCC3(CN(C)C)CCC3)nc3c2CCN(c2cccc4ccc(F)c(Cl)c24)C3)CCN1C(=O)C(=C)F. The minimum atomic E-state index is -1.03. The monoisotopic (exact) mass is 649 g/mol. The summed E-state index contributed by atoms with van der Waals surface area (Å²) in [5.74, 6) is -1.58. The van der Waals surface area contributed by atoms with Gasteiger partial charge in [0.05, 0.1) is 23.9 Å². The molecule has 46 heavy (non-hydrogen) atoms. The van der Waals surface area contributed by atoms with Gasteiger partial charge in [0.1, 0.15) is 17.7 Å². The van der Waals surface area contributed by atoms with Crippen LogP contribution in [0.1, 0.15) is 30.5 Å². The number of piperazine rings is 1. The first-order chi connectivity index (χ1) is 22.1. The maximum Gasteiger partial charge on any atom is 0.318 e. The number of anilines is 2. The number of fused-ring (bicyclic) bond motifs is 2. The van der Waals surface area contributed by atoms with Gasteiger partial charge in [0.25, 0.3) is 5.91 Å². The first-order valence-electron chi connectivity index (χ1n) is 15.6. The summed E-state index contributed by atoms with van der Waals surface area (Å²) in [6.45, 7) is 14.1. The van der Waals surface area contributed by atoms with Gasteiger partial charge in [0.2, 0.25) is 6.54 Å². The van der Waals surface area contributed by atoms with Gasteiger partial charge in [-0.3, -0.25) is 4.79 Å². The van der Waals surface area contributed by atoms with Gasteiger partial charge in [-0.25, -0.2) is 15.4 Å². The van der Waals surface area contributed by atoms with Gasteiger partial charge in [-0.15, -0.1) is 0 Å². The van der Waals surface area contributed by atoms with E-state index in [-0.39, 0.29) is 29.5 Å². The molecule has 1 atom stereocenters. The van der Waals surface area contributed by atoms with E-state index in [9.17, 15) is 13.6 Å². The Morgan fingerprint density at radius 3 is 2.70 bits per heavy atom. The van der Waals surface area contributed by atoms with Crippen LogP contribution in [-0.2, 0) is 17.8 Å². The number of carbonyl (C=O) groups excluding carboxylic acids is 1. The third-order valence-corrected chi connectivity index (χ3v) is 9.80. The van der Waals surface area contributed by atoms with Crippen molar-refractivity contribution < 1.29 is 18.3 Å². The molecule has 0 bridgehead atoms. The van der Waals surface area contributed by atoms with Gasteiger partial charge in [0.15, 0.2) is 5.83 Å². The molecule has 3 aromatic rings. The van der Waals surface area contributed by atoms with Crippen molar-refractivity contribution in [2.24, 2.45) is 5.41 Å². The summed E-state index contributed by atoms with van der Waals surface area (Å²) in [6.07, 6.45) is 3.91. The van der Waals surface area contributed by atoms with Crippen LogP contribution in [0.2, 0.25) is 5.02 Å². The Balaban J connectivity index is 1.35. The fourth-order valence-electron chi connectivity index (χ4n) is 7.12. The summed E-state index contributed by atoms with van der Waals surface area (Å²) in [5, 5.41) is 1.60. The zero-order valence-corrected chi connectivity index (χ0v) is 27.0. The van der Waals surface area contributed by atoms with Crippen molar-refractivity contribution in [3.8, 4) is 6.01 Å². The molecule has 0 N–H and O–H groups in total. The van der Waals surface area contributed by atoms with Crippen molar-refractivity contribution in [3.63, 3.8) is 0 Å². The maximum atomic E-state index is 14.6. The van der Waals surface area contributed by atoms with E-state index in [4.69, 9.17) is 32.9 Å². The van der Waals surface area contributed by atoms with Crippen LogP contribution in [0.4, 0.5) is 20.3 Å². The largest absolute Gasteiger partial charge is 0.463 e. The van der Waals surface area contributed by atoms with Gasteiger partial charge in [-0.05, 0) is 50.9 Å². The quantitative estimate of drug-likeness (QED) is 0.224. The average Bonchev–Trinajstić information content (AvgIpc) is 3.02. The van der Waals surface area contributed by atoms with Gasteiger partial charge in [0, 0.05) is 54.8 Å². The Hall–Kier alpha value is -4.01. The standard InChI is InChI=1S/C34H38ClF2N7O2/c1-22(36)32(45)44-16-15-43(18-24(44)17-38-2)31-25-11-14-42(28-8-5-7-23-9-10-26(37)30(35)29(23)28)19-27(25)39-33(40-31)46-21-34(12-6-13-34)20-41(3)4/h5,7-10,24H,1,6,11-21H2,3-4H3/t24-/m0/s1. The van der Waals surface area contributed by atoms with E-state index in [2.05, 4.69) is 40.2 Å². The molecule has 1 aromatic heterocycles. The van der Waals surface area contributed by atoms with Crippen LogP contribution in [-0.4, -0.2) is 91.7 Å². The van der Waals surface area contributed by atoms with Crippen LogP contribution in [0.3, 0.4) is 0 Å². The van der Waals surface area contributed by atoms with Crippen LogP contribution in [0.25, 0.3) is 15.6 Å². The number of amides is 1. The van der Waals surface area contributed by atoms with Crippen LogP contribution in [0.15, 0.2) is 42.7 Å². The van der Waals surface area contributed by atoms with Crippen molar-refractivity contribution in [3.05, 3.63) is 76.3 Å². The molecule has 242 valence electrons. The lowest BCUT2D eigenvalue weighted by atomic mass is 9.69. The van der Waals surface area contributed by atoms with Gasteiger partial charge in [-0.2, -0.15) is 9.97 Å². The molecular weight excluding hydrogens is 612 g/mol. The smallest absolute Gasteiger partial charge is 0.318 e. The third kappa shape index (κ3) is 6.20. The molecular formula is C34H38ClF2N7O2. The first kappa shape index (κ1) is 32.0. The van der Waals surface area contributed by atoms with Crippen molar-refractivity contribution >= 4 is 39.8 Å². The molecule has 9 nitrogen and oxygen atoms in total. The molecule has 12 heteroatoms. The Labute approximate surface area is 273 Å². The van der Waals surface area contributed by atoms with Crippen LogP contribution in [0.5, 0.6) is 6.01 Å². The zero-order chi connectivity index (χ0) is 32.6. The highest BCUT2D eigenvalue weighted by Crippen LogP contribution is 2.42. The molecule has 1 saturated heterocycles. The number of ether oxygens (including phenoxy) is 1. The van der Waals surface area contributed by atoms with Crippen LogP contribution in [0, 0.1) is 17.8 Å². The second-order valence-corrected chi connectivity index (χ2v) is 13.3. The predicted octanol–water partition coefficient (Wildman–Crippen LogP) is 5.52. The van der Waals surface area contributed by atoms with E-state index >= 15 is 0 Å². The van der Waals surface area contributed by atoms with Crippen molar-refractivity contribution in [1.82, 2.24) is 19.8 Å². The fourth-order valence-corrected chi connectivity index (χ4v) is 7.39. The lowest BCUT2D eigenvalue weighted by molar-refractivity contribution is -0.131. The summed E-state index contributed by atoms with van der Waals surface area (Å²) in [6, 6.07) is 8.67. The van der Waals surface area contributed by atoms with E-state index in [1.807, 2.05) is 18.2 Å². The van der Waals surface area contributed by atoms with Crippen molar-refractivity contribution in [2.45, 2.75) is 38.3 Å². The van der Waals surface area contributed by atoms with E-state index in [0.29, 0.717) is 50.4 Å². The molecule has 1 aliphatic carbocycles. The minimum Gasteiger partial charge on any atom is -0.463 e. The lowest BCUT2D eigenvalue weighted by Crippen LogP contribution is -2.57. The topological polar surface area (TPSA) is 69.4 Å². The van der Waals surface area contributed by atoms with E-state index in [0.717, 1.165) is 48.1 Å². The molecule has 3 aliphatic rings. The Morgan fingerprint density at radius 1 is 1.20 bits per heavy atom. The van der Waals surface area contributed by atoms with Crippen LogP contribution < -0.4 is 14.5 Å². The molecule has 0 spiro atoms. The molecule has 1 amide bonds. The lowest BCUT2D eigenvalue weighted by Gasteiger charge is -2.43. The number of halogens is 3. The summed E-state index contributed by atoms with van der Waals surface area (Å²) in [4.78, 5) is 33.8. The highest BCUT2D eigenvalue weighted by atomic mass is 35.5. The zero-order valence-electron chi connectivity index (χ0n) is 26.2. The normalized spacial score (nSPS) is 19.1. The predicted molar refractivity (Wildman–Crippen MR) is 175 cm³/mol. The van der Waals surface area contributed by atoms with Crippen LogP contribution >= 0.6 is 11.6 Å². The number of rotatable bonds is 9. The van der Waals surface area contributed by atoms with E-state index in [1.165, 1.54) is 11.0 Å². The summed E-state index contributed by atoms with van der Waals surface area (Å²) in [7, 11) is 4.13. The second kappa shape index (κ2) is 13.0. The summed E-state index contributed by atoms with van der Waals surface area (Å²) in [5.41, 5.74) is 2.62. The van der Waals surface area contributed by atoms with Gasteiger partial charge in [-0.1, -0.05) is 42.8 Å². The second-order valence-electron chi connectivity index (χ2n) is 12.9. The highest BCUT2D eigenvalue weighted by molar-refractivity contribution is 6.36. The number of aromatic nitrogens is 2. The Bertz CT molecular complexity index is 1710. The maximum absolute atomic E-state index is 14.6. The number of nitrogens with zero attached hydrogens (tertiary/aromatic N) is 7. The molecule has 2 fully saturated rings. The van der Waals surface area contributed by atoms with Crippen molar-refractivity contribution in [2.75, 3.05) is 69.8 Å². The van der Waals surface area contributed by atoms with E-state index < -0.39 is 23.6 Å². The summed E-state index contributed by atoms with van der Waals surface area (Å²) < 4.78 is 34.8. The fraction of sp³-hybridized carbons (Fsp3) is 0.471. The van der Waals surface area contributed by atoms with Gasteiger partial charge < -0.3 is 29.2 Å². The first-order valence-corrected chi connectivity index (χ1v) is 16.0. The van der Waals surface area contributed by atoms with E-state index in [1.54, 1.807) is 6.07 Å². The number of carbonyl (C=O) groups is 1. The minimum absolute atomic E-state index is 0.0331. The molecule has 1 saturated carbocycles. The number of hydrogen-bond acceptors (Lipinski definition) is 7.